The molecule has 5 aromatic carbocycles. The first-order valence-electron chi connectivity index (χ1n) is 13.0. The summed E-state index contributed by atoms with van der Waals surface area (Å²) >= 11 is 1.78. The van der Waals surface area contributed by atoms with E-state index >= 15 is 0 Å². The molecule has 2 aromatic heterocycles. The van der Waals surface area contributed by atoms with Crippen molar-refractivity contribution in [3.05, 3.63) is 114 Å². The Labute approximate surface area is 226 Å². The second-order valence-corrected chi connectivity index (χ2v) is 11.2. The van der Waals surface area contributed by atoms with Crippen molar-refractivity contribution in [2.24, 2.45) is 7.05 Å². The molecule has 0 saturated carbocycles. The predicted molar refractivity (Wildman–Crippen MR) is 160 cm³/mol. The molecule has 0 fully saturated rings. The fraction of sp³-hybridized carbons (Fsp3) is 0.118. The number of para-hydroxylation sites is 2. The van der Waals surface area contributed by atoms with Crippen molar-refractivity contribution in [1.29, 1.82) is 0 Å². The van der Waals surface area contributed by atoms with Gasteiger partial charge in [0.05, 0.1) is 22.8 Å². The van der Waals surface area contributed by atoms with Gasteiger partial charge in [0.1, 0.15) is 10.7 Å². The molecule has 0 radical (unpaired) electrons. The van der Waals surface area contributed by atoms with Crippen molar-refractivity contribution in [2.75, 3.05) is 0 Å². The smallest absolute Gasteiger partial charge is 0.236 e. The van der Waals surface area contributed by atoms with Gasteiger partial charge in [-0.1, -0.05) is 66.7 Å². The lowest BCUT2D eigenvalue weighted by Gasteiger charge is -2.09. The first kappa shape index (κ1) is 22.9. The van der Waals surface area contributed by atoms with Crippen LogP contribution in [0.15, 0.2) is 97.1 Å². The molecule has 0 spiro atoms. The fourth-order valence-corrected chi connectivity index (χ4v) is 7.00. The van der Waals surface area contributed by atoms with Gasteiger partial charge in [0.25, 0.3) is 5.82 Å². The van der Waals surface area contributed by atoms with Crippen LogP contribution in [0.2, 0.25) is 0 Å². The fourth-order valence-electron chi connectivity index (χ4n) is 5.84. The topological polar surface area (TPSA) is 21.7 Å². The van der Waals surface area contributed by atoms with Crippen LogP contribution in [-0.2, 0) is 7.05 Å². The Balaban J connectivity index is 1.53. The molecule has 0 aliphatic carbocycles. The standard InChI is InChI=1S/C34H28N3S/c1-21-11-9-12-22(2)32(21)33-35-27-19-23(3)26(20-31(27)38-33)34-36(4)29-16-7-8-17-30(29)37(34)28-18-10-14-24-13-5-6-15-25(24)28/h5-20H,1-4H3/q+1. The van der Waals surface area contributed by atoms with Crippen LogP contribution in [0, 0.1) is 20.8 Å². The monoisotopic (exact) mass is 510 g/mol. The molecule has 0 bridgehead atoms. The van der Waals surface area contributed by atoms with Crippen LogP contribution in [-0.4, -0.2) is 9.55 Å². The van der Waals surface area contributed by atoms with E-state index in [0.717, 1.165) is 10.5 Å². The van der Waals surface area contributed by atoms with E-state index in [1.165, 1.54) is 65.8 Å². The Bertz CT molecular complexity index is 2000. The molecule has 0 aliphatic heterocycles. The Morgan fingerprint density at radius 2 is 1.45 bits per heavy atom. The summed E-state index contributed by atoms with van der Waals surface area (Å²) in [7, 11) is 2.18. The van der Waals surface area contributed by atoms with Crippen molar-refractivity contribution in [3.8, 4) is 27.6 Å². The summed E-state index contributed by atoms with van der Waals surface area (Å²) < 4.78 is 5.97. The van der Waals surface area contributed by atoms with Gasteiger partial charge >= 0.3 is 0 Å². The highest BCUT2D eigenvalue weighted by Crippen LogP contribution is 2.38. The molecule has 0 N–H and O–H groups in total. The molecule has 7 rings (SSSR count). The molecular formula is C34H28N3S+. The number of nitrogens with zero attached hydrogens (tertiary/aromatic N) is 3. The van der Waals surface area contributed by atoms with E-state index < -0.39 is 0 Å². The zero-order chi connectivity index (χ0) is 26.0. The van der Waals surface area contributed by atoms with Gasteiger partial charge in [-0.3, -0.25) is 0 Å². The summed E-state index contributed by atoms with van der Waals surface area (Å²) in [6.45, 7) is 6.55. The van der Waals surface area contributed by atoms with E-state index in [1.54, 1.807) is 11.3 Å². The maximum Gasteiger partial charge on any atom is 0.295 e. The van der Waals surface area contributed by atoms with Crippen molar-refractivity contribution in [3.63, 3.8) is 0 Å². The summed E-state index contributed by atoms with van der Waals surface area (Å²) in [4.78, 5) is 5.09. The first-order valence-corrected chi connectivity index (χ1v) is 13.8. The van der Waals surface area contributed by atoms with Gasteiger partial charge in [-0.2, -0.15) is 4.57 Å². The molecule has 0 unspecified atom stereocenters. The van der Waals surface area contributed by atoms with E-state index in [9.17, 15) is 0 Å². The van der Waals surface area contributed by atoms with Gasteiger partial charge < -0.3 is 0 Å². The largest absolute Gasteiger partial charge is 0.295 e. The molecule has 0 atom stereocenters. The number of thiazole rings is 1. The molecular weight excluding hydrogens is 482 g/mol. The number of rotatable bonds is 3. The van der Waals surface area contributed by atoms with E-state index in [0.29, 0.717) is 0 Å². The molecule has 0 aliphatic rings. The number of hydrogen-bond acceptors (Lipinski definition) is 2. The Morgan fingerprint density at radius 1 is 0.737 bits per heavy atom. The maximum atomic E-state index is 5.09. The minimum absolute atomic E-state index is 1.06. The van der Waals surface area contributed by atoms with Crippen molar-refractivity contribution < 1.29 is 4.57 Å². The highest BCUT2D eigenvalue weighted by Gasteiger charge is 2.28. The van der Waals surface area contributed by atoms with Gasteiger partial charge in [-0.05, 0) is 73.2 Å². The number of imidazole rings is 1. The Kier molecular flexibility index (Phi) is 5.20. The van der Waals surface area contributed by atoms with Crippen LogP contribution in [0.25, 0.3) is 59.7 Å². The van der Waals surface area contributed by atoms with E-state index in [4.69, 9.17) is 4.98 Å². The molecule has 184 valence electrons. The maximum absolute atomic E-state index is 5.09. The van der Waals surface area contributed by atoms with Gasteiger partial charge in [0.15, 0.2) is 11.0 Å². The average Bonchev–Trinajstić information content (AvgIpc) is 3.45. The van der Waals surface area contributed by atoms with Gasteiger partial charge in [0.2, 0.25) is 0 Å². The van der Waals surface area contributed by atoms with Gasteiger partial charge in [-0.15, -0.1) is 11.3 Å². The van der Waals surface area contributed by atoms with Crippen molar-refractivity contribution in [2.45, 2.75) is 20.8 Å². The lowest BCUT2D eigenvalue weighted by Crippen LogP contribution is -2.30. The number of aryl methyl sites for hydroxylation is 4. The van der Waals surface area contributed by atoms with Crippen molar-refractivity contribution >= 4 is 43.4 Å². The zero-order valence-electron chi connectivity index (χ0n) is 22.0. The van der Waals surface area contributed by atoms with Crippen LogP contribution in [0.5, 0.6) is 0 Å². The molecule has 2 heterocycles. The highest BCUT2D eigenvalue weighted by atomic mass is 32.1. The highest BCUT2D eigenvalue weighted by molar-refractivity contribution is 7.21. The third-order valence-electron chi connectivity index (χ3n) is 7.69. The van der Waals surface area contributed by atoms with Crippen LogP contribution in [0.1, 0.15) is 16.7 Å². The van der Waals surface area contributed by atoms with Gasteiger partial charge in [-0.25, -0.2) is 9.55 Å². The minimum atomic E-state index is 1.06. The third-order valence-corrected chi connectivity index (χ3v) is 8.73. The number of aromatic nitrogens is 3. The van der Waals surface area contributed by atoms with Gasteiger partial charge in [0, 0.05) is 10.9 Å². The van der Waals surface area contributed by atoms with E-state index in [2.05, 4.69) is 134 Å². The Hall–Kier alpha value is -4.28. The summed E-state index contributed by atoms with van der Waals surface area (Å²) in [6, 6.07) is 35.0. The van der Waals surface area contributed by atoms with E-state index in [1.807, 2.05) is 0 Å². The first-order chi connectivity index (χ1) is 18.5. The lowest BCUT2D eigenvalue weighted by molar-refractivity contribution is -0.633. The van der Waals surface area contributed by atoms with E-state index in [-0.39, 0.29) is 0 Å². The molecule has 7 aromatic rings. The summed E-state index contributed by atoms with van der Waals surface area (Å²) in [5, 5.41) is 3.57. The third kappa shape index (κ3) is 3.41. The summed E-state index contributed by atoms with van der Waals surface area (Å²) in [5.41, 5.74) is 10.9. The molecule has 0 saturated heterocycles. The number of benzene rings is 5. The predicted octanol–water partition coefficient (Wildman–Crippen LogP) is 8.48. The molecule has 0 amide bonds. The quantitative estimate of drug-likeness (QED) is 0.218. The zero-order valence-corrected chi connectivity index (χ0v) is 22.8. The molecule has 38 heavy (non-hydrogen) atoms. The number of fused-ring (bicyclic) bond motifs is 3. The van der Waals surface area contributed by atoms with Crippen LogP contribution >= 0.6 is 11.3 Å². The normalized spacial score (nSPS) is 11.7. The molecule has 3 nitrogen and oxygen atoms in total. The molecule has 4 heteroatoms. The average molecular weight is 511 g/mol. The van der Waals surface area contributed by atoms with Crippen LogP contribution < -0.4 is 4.57 Å². The van der Waals surface area contributed by atoms with Crippen LogP contribution in [0.4, 0.5) is 0 Å². The summed E-state index contributed by atoms with van der Waals surface area (Å²) in [5.74, 6) is 1.17. The summed E-state index contributed by atoms with van der Waals surface area (Å²) in [6.07, 6.45) is 0. The number of hydrogen-bond donors (Lipinski definition) is 0. The second-order valence-electron chi connectivity index (χ2n) is 10.1. The SMILES string of the molecule is Cc1cc2nc(-c3c(C)cccc3C)sc2cc1-c1n(-c2cccc3ccccc23)c2ccccc2[n+]1C. The second kappa shape index (κ2) is 8.64. The Morgan fingerprint density at radius 3 is 2.29 bits per heavy atom. The van der Waals surface area contributed by atoms with Crippen LogP contribution in [0.3, 0.4) is 0 Å². The minimum Gasteiger partial charge on any atom is -0.236 e. The van der Waals surface area contributed by atoms with Crippen molar-refractivity contribution in [1.82, 2.24) is 9.55 Å². The lowest BCUT2D eigenvalue weighted by atomic mass is 10.0.